The van der Waals surface area contributed by atoms with Crippen LogP contribution in [0.4, 0.5) is 0 Å². The largest absolute Gasteiger partial charge is 0.455 e. The lowest BCUT2D eigenvalue weighted by atomic mass is 10.3. The van der Waals surface area contributed by atoms with Crippen molar-refractivity contribution in [2.75, 3.05) is 0 Å². The molecule has 0 unspecified atom stereocenters. The molecule has 2 aromatic rings. The molecule has 94 valence electrons. The van der Waals surface area contributed by atoms with Crippen molar-refractivity contribution in [3.63, 3.8) is 0 Å². The highest BCUT2D eigenvalue weighted by Gasteiger charge is 2.10. The van der Waals surface area contributed by atoms with Crippen LogP contribution < -0.4 is 4.74 Å². The number of hydrogen-bond donors (Lipinski definition) is 0. The molecule has 0 saturated heterocycles. The van der Waals surface area contributed by atoms with Gasteiger partial charge in [0.1, 0.15) is 5.75 Å². The first-order chi connectivity index (χ1) is 8.49. The van der Waals surface area contributed by atoms with E-state index < -0.39 is 0 Å². The van der Waals surface area contributed by atoms with Crippen LogP contribution in [0.15, 0.2) is 52.7 Å². The standard InChI is InChI=1S/C12H5Br5O/c13-7-2-1-3-8(14)12(7)18-6-4-9(15)11(17)10(16)5-6/h1-5H. The third kappa shape index (κ3) is 3.39. The minimum absolute atomic E-state index is 0.740. The summed E-state index contributed by atoms with van der Waals surface area (Å²) in [6, 6.07) is 9.61. The van der Waals surface area contributed by atoms with E-state index in [0.717, 1.165) is 33.9 Å². The first kappa shape index (κ1) is 15.0. The first-order valence-corrected chi connectivity index (χ1v) is 8.72. The van der Waals surface area contributed by atoms with Crippen molar-refractivity contribution in [3.8, 4) is 11.5 Å². The molecule has 0 atom stereocenters. The smallest absolute Gasteiger partial charge is 0.155 e. The molecule has 0 spiro atoms. The second-order valence-electron chi connectivity index (χ2n) is 3.35. The van der Waals surface area contributed by atoms with Gasteiger partial charge < -0.3 is 4.74 Å². The average molecular weight is 565 g/mol. The van der Waals surface area contributed by atoms with Crippen molar-refractivity contribution in [2.45, 2.75) is 0 Å². The van der Waals surface area contributed by atoms with Gasteiger partial charge in [0, 0.05) is 13.4 Å². The van der Waals surface area contributed by atoms with Crippen LogP contribution in [0.2, 0.25) is 0 Å². The molecule has 0 heterocycles. The van der Waals surface area contributed by atoms with Gasteiger partial charge in [-0.1, -0.05) is 6.07 Å². The molecule has 0 aliphatic heterocycles. The summed E-state index contributed by atoms with van der Waals surface area (Å²) >= 11 is 17.3. The van der Waals surface area contributed by atoms with E-state index in [9.17, 15) is 0 Å². The summed E-state index contributed by atoms with van der Waals surface area (Å²) in [5.74, 6) is 1.49. The van der Waals surface area contributed by atoms with E-state index in [2.05, 4.69) is 79.6 Å². The number of rotatable bonds is 2. The van der Waals surface area contributed by atoms with E-state index in [1.54, 1.807) is 0 Å². The lowest BCUT2D eigenvalue weighted by Gasteiger charge is -2.11. The summed E-state index contributed by atoms with van der Waals surface area (Å²) in [7, 11) is 0. The molecule has 0 aromatic heterocycles. The van der Waals surface area contributed by atoms with Gasteiger partial charge in [0.05, 0.1) is 8.95 Å². The van der Waals surface area contributed by atoms with Crippen molar-refractivity contribution < 1.29 is 4.74 Å². The fourth-order valence-corrected chi connectivity index (χ4v) is 3.82. The van der Waals surface area contributed by atoms with Gasteiger partial charge in [0.25, 0.3) is 0 Å². The Morgan fingerprint density at radius 1 is 0.722 bits per heavy atom. The van der Waals surface area contributed by atoms with Gasteiger partial charge in [0.2, 0.25) is 0 Å². The predicted molar refractivity (Wildman–Crippen MR) is 91.5 cm³/mol. The van der Waals surface area contributed by atoms with Crippen molar-refractivity contribution in [2.24, 2.45) is 0 Å². The highest BCUT2D eigenvalue weighted by Crippen LogP contribution is 2.40. The minimum Gasteiger partial charge on any atom is -0.455 e. The molecular weight excluding hydrogens is 560 g/mol. The molecule has 0 fully saturated rings. The topological polar surface area (TPSA) is 9.23 Å². The lowest BCUT2D eigenvalue weighted by Crippen LogP contribution is -1.88. The zero-order valence-electron chi connectivity index (χ0n) is 8.68. The summed E-state index contributed by atoms with van der Waals surface area (Å²) in [5.41, 5.74) is 0. The molecule has 18 heavy (non-hydrogen) atoms. The van der Waals surface area contributed by atoms with Crippen LogP contribution in [0.3, 0.4) is 0 Å². The van der Waals surface area contributed by atoms with Gasteiger partial charge in [-0.3, -0.25) is 0 Å². The predicted octanol–water partition coefficient (Wildman–Crippen LogP) is 7.29. The Bertz CT molecular complexity index is 554. The molecule has 0 radical (unpaired) electrons. The quantitative estimate of drug-likeness (QED) is 0.348. The second-order valence-corrected chi connectivity index (χ2v) is 7.56. The summed E-state index contributed by atoms with van der Waals surface area (Å²) in [4.78, 5) is 0. The fraction of sp³-hybridized carbons (Fsp3) is 0. The van der Waals surface area contributed by atoms with Gasteiger partial charge >= 0.3 is 0 Å². The molecule has 0 N–H and O–H groups in total. The second kappa shape index (κ2) is 6.39. The summed E-state index contributed by atoms with van der Waals surface area (Å²) in [6.45, 7) is 0. The molecule has 0 saturated carbocycles. The fourth-order valence-electron chi connectivity index (χ4n) is 1.29. The monoisotopic (exact) mass is 560 g/mol. The van der Waals surface area contributed by atoms with E-state index in [1.807, 2.05) is 30.3 Å². The summed E-state index contributed by atoms with van der Waals surface area (Å²) in [6.07, 6.45) is 0. The first-order valence-electron chi connectivity index (χ1n) is 4.75. The van der Waals surface area contributed by atoms with Crippen molar-refractivity contribution >= 4 is 79.6 Å². The number of para-hydroxylation sites is 1. The Morgan fingerprint density at radius 2 is 1.22 bits per heavy atom. The lowest BCUT2D eigenvalue weighted by molar-refractivity contribution is 0.476. The van der Waals surface area contributed by atoms with E-state index in [1.165, 1.54) is 0 Å². The minimum atomic E-state index is 0.740. The third-order valence-electron chi connectivity index (χ3n) is 2.10. The highest BCUT2D eigenvalue weighted by molar-refractivity contribution is 9.14. The van der Waals surface area contributed by atoms with E-state index in [4.69, 9.17) is 4.74 Å². The molecule has 6 heteroatoms. The van der Waals surface area contributed by atoms with Gasteiger partial charge in [-0.25, -0.2) is 0 Å². The van der Waals surface area contributed by atoms with Crippen molar-refractivity contribution in [3.05, 3.63) is 52.7 Å². The van der Waals surface area contributed by atoms with Crippen molar-refractivity contribution in [1.82, 2.24) is 0 Å². The van der Waals surface area contributed by atoms with Gasteiger partial charge in [-0.2, -0.15) is 0 Å². The van der Waals surface area contributed by atoms with Crippen LogP contribution in [0.1, 0.15) is 0 Å². The van der Waals surface area contributed by atoms with Gasteiger partial charge in [-0.05, 0) is 104 Å². The molecule has 0 aliphatic rings. The Balaban J connectivity index is 2.41. The molecule has 0 amide bonds. The normalized spacial score (nSPS) is 10.5. The average Bonchev–Trinajstić information content (AvgIpc) is 2.31. The van der Waals surface area contributed by atoms with Gasteiger partial charge in [-0.15, -0.1) is 0 Å². The number of halogens is 5. The van der Waals surface area contributed by atoms with Crippen LogP contribution in [-0.2, 0) is 0 Å². The molecule has 2 rings (SSSR count). The number of hydrogen-bond acceptors (Lipinski definition) is 1. The summed E-state index contributed by atoms with van der Waals surface area (Å²) in [5, 5.41) is 0. The number of ether oxygens (including phenoxy) is 1. The zero-order valence-corrected chi connectivity index (χ0v) is 16.6. The zero-order chi connectivity index (χ0) is 13.3. The molecule has 1 nitrogen and oxygen atoms in total. The molecular formula is C12H5Br5O. The maximum absolute atomic E-state index is 5.88. The van der Waals surface area contributed by atoms with Crippen LogP contribution in [0, 0.1) is 0 Å². The Kier molecular flexibility index (Phi) is 5.34. The Morgan fingerprint density at radius 3 is 1.72 bits per heavy atom. The highest BCUT2D eigenvalue weighted by atomic mass is 79.9. The van der Waals surface area contributed by atoms with Crippen LogP contribution >= 0.6 is 79.6 Å². The number of benzene rings is 2. The Labute approximate surface area is 147 Å². The van der Waals surface area contributed by atoms with Crippen LogP contribution in [0.25, 0.3) is 0 Å². The molecule has 2 aromatic carbocycles. The maximum atomic E-state index is 5.88. The van der Waals surface area contributed by atoms with Crippen LogP contribution in [0.5, 0.6) is 11.5 Å². The maximum Gasteiger partial charge on any atom is 0.155 e. The van der Waals surface area contributed by atoms with E-state index in [0.29, 0.717) is 0 Å². The Hall–Kier alpha value is 0.640. The van der Waals surface area contributed by atoms with Gasteiger partial charge in [0.15, 0.2) is 5.75 Å². The van der Waals surface area contributed by atoms with E-state index in [-0.39, 0.29) is 0 Å². The third-order valence-corrected chi connectivity index (χ3v) is 6.51. The summed E-state index contributed by atoms with van der Waals surface area (Å²) < 4.78 is 10.5. The van der Waals surface area contributed by atoms with E-state index >= 15 is 0 Å². The van der Waals surface area contributed by atoms with Crippen LogP contribution in [-0.4, -0.2) is 0 Å². The molecule has 0 bridgehead atoms. The van der Waals surface area contributed by atoms with Crippen molar-refractivity contribution in [1.29, 1.82) is 0 Å². The SMILES string of the molecule is Brc1cc(Oc2c(Br)cccc2Br)cc(Br)c1Br. The molecule has 0 aliphatic carbocycles.